The van der Waals surface area contributed by atoms with Crippen LogP contribution in [0.3, 0.4) is 0 Å². The topological polar surface area (TPSA) is 71.0 Å². The molecule has 0 spiro atoms. The smallest absolute Gasteiger partial charge is 0.257 e. The maximum absolute atomic E-state index is 14.3. The number of nitrogens with one attached hydrogen (secondary N) is 1. The lowest BCUT2D eigenvalue weighted by Gasteiger charge is -2.38. The number of rotatable bonds is 23. The van der Waals surface area contributed by atoms with Gasteiger partial charge in [-0.1, -0.05) is 139 Å². The number of halogens is 5. The summed E-state index contributed by atoms with van der Waals surface area (Å²) in [7, 11) is 0. The minimum Gasteiger partial charge on any atom is -0.392 e. The van der Waals surface area contributed by atoms with Gasteiger partial charge in [0, 0.05) is 25.1 Å². The summed E-state index contributed by atoms with van der Waals surface area (Å²) in [5.74, 6) is -12.5. The van der Waals surface area contributed by atoms with E-state index >= 15 is 0 Å². The Hall–Kier alpha value is -4.16. The second kappa shape index (κ2) is 23.6. The number of hydrogen-bond donors (Lipinski definition) is 2. The molecule has 0 radical (unpaired) electrons. The Bertz CT molecular complexity index is 1880. The summed E-state index contributed by atoms with van der Waals surface area (Å²) in [6.45, 7) is 7.04. The molecule has 59 heavy (non-hydrogen) atoms. The van der Waals surface area contributed by atoms with Gasteiger partial charge in [0.2, 0.25) is 5.82 Å². The van der Waals surface area contributed by atoms with Gasteiger partial charge in [-0.25, -0.2) is 22.0 Å². The van der Waals surface area contributed by atoms with Crippen LogP contribution >= 0.6 is 0 Å². The van der Waals surface area contributed by atoms with E-state index in [1.54, 1.807) is 18.2 Å². The van der Waals surface area contributed by atoms with Crippen molar-refractivity contribution in [3.8, 4) is 11.1 Å². The van der Waals surface area contributed by atoms with Crippen molar-refractivity contribution < 1.29 is 41.3 Å². The molecule has 0 bridgehead atoms. The molecule has 0 aromatic heterocycles. The summed E-state index contributed by atoms with van der Waals surface area (Å²) in [6, 6.07) is 22.7. The van der Waals surface area contributed by atoms with Crippen molar-refractivity contribution in [2.45, 2.75) is 129 Å². The lowest BCUT2D eigenvalue weighted by Crippen LogP contribution is -2.40. The van der Waals surface area contributed by atoms with Crippen molar-refractivity contribution in [2.24, 2.45) is 0 Å². The Morgan fingerprint density at radius 1 is 0.661 bits per heavy atom. The molecular formula is C48H59F5N2O4. The molecule has 4 aromatic rings. The van der Waals surface area contributed by atoms with E-state index in [1.807, 2.05) is 54.6 Å². The summed E-state index contributed by atoms with van der Waals surface area (Å²) in [5, 5.41) is 12.0. The largest absolute Gasteiger partial charge is 0.392 e. The molecule has 0 aliphatic carbocycles. The molecule has 1 aliphatic rings. The third-order valence-electron chi connectivity index (χ3n) is 11.0. The van der Waals surface area contributed by atoms with Gasteiger partial charge in [0.25, 0.3) is 5.91 Å². The highest BCUT2D eigenvalue weighted by Crippen LogP contribution is 2.39. The molecule has 1 aliphatic heterocycles. The summed E-state index contributed by atoms with van der Waals surface area (Å²) < 4.78 is 83.1. The van der Waals surface area contributed by atoms with Crippen LogP contribution in [0.25, 0.3) is 11.1 Å². The second-order valence-corrected chi connectivity index (χ2v) is 15.6. The highest BCUT2D eigenvalue weighted by Gasteiger charge is 2.34. The van der Waals surface area contributed by atoms with E-state index < -0.39 is 46.8 Å². The fourth-order valence-electron chi connectivity index (χ4n) is 7.65. The second-order valence-electron chi connectivity index (χ2n) is 15.6. The number of amides is 1. The van der Waals surface area contributed by atoms with E-state index in [2.05, 4.69) is 24.1 Å². The fourth-order valence-corrected chi connectivity index (χ4v) is 7.65. The van der Waals surface area contributed by atoms with Gasteiger partial charge in [-0.05, 0) is 65.9 Å². The Morgan fingerprint density at radius 2 is 1.22 bits per heavy atom. The Labute approximate surface area is 346 Å². The number of carbonyl (C=O) groups excluding carboxylic acids is 1. The molecule has 1 amide bonds. The summed E-state index contributed by atoms with van der Waals surface area (Å²) in [6.07, 6.45) is 14.5. The third kappa shape index (κ3) is 13.2. The maximum Gasteiger partial charge on any atom is 0.257 e. The number of aliphatic hydroxyl groups is 1. The molecule has 5 rings (SSSR count). The average Bonchev–Trinajstić information content (AvgIpc) is 3.26. The molecular weight excluding hydrogens is 764 g/mol. The van der Waals surface area contributed by atoms with Crippen molar-refractivity contribution in [3.05, 3.63) is 130 Å². The molecule has 11 heteroatoms. The van der Waals surface area contributed by atoms with Crippen molar-refractivity contribution in [1.82, 2.24) is 10.2 Å². The van der Waals surface area contributed by atoms with Gasteiger partial charge < -0.3 is 24.8 Å². The Kier molecular flexibility index (Phi) is 18.4. The van der Waals surface area contributed by atoms with Crippen LogP contribution in [0.5, 0.6) is 0 Å². The third-order valence-corrected chi connectivity index (χ3v) is 11.0. The van der Waals surface area contributed by atoms with Crippen molar-refractivity contribution >= 4 is 5.91 Å². The highest BCUT2D eigenvalue weighted by molar-refractivity contribution is 5.94. The minimum atomic E-state index is -2.33. The van der Waals surface area contributed by atoms with Gasteiger partial charge in [-0.2, -0.15) is 0 Å². The van der Waals surface area contributed by atoms with Gasteiger partial charge in [0.1, 0.15) is 5.56 Å². The van der Waals surface area contributed by atoms with Gasteiger partial charge >= 0.3 is 0 Å². The summed E-state index contributed by atoms with van der Waals surface area (Å²) >= 11 is 0. The number of carbonyl (C=O) groups is 1. The van der Waals surface area contributed by atoms with E-state index in [4.69, 9.17) is 9.47 Å². The number of ether oxygens (including phenoxy) is 2. The number of benzene rings is 4. The van der Waals surface area contributed by atoms with Crippen LogP contribution in [-0.4, -0.2) is 41.7 Å². The fraction of sp³-hybridized carbons (Fsp3) is 0.479. The van der Waals surface area contributed by atoms with Crippen LogP contribution in [0.4, 0.5) is 22.0 Å². The zero-order chi connectivity index (χ0) is 42.1. The molecule has 4 aromatic carbocycles. The average molecular weight is 823 g/mol. The normalized spacial score (nSPS) is 16.8. The zero-order valence-electron chi connectivity index (χ0n) is 34.4. The Morgan fingerprint density at radius 3 is 1.83 bits per heavy atom. The van der Waals surface area contributed by atoms with E-state index in [1.165, 1.54) is 64.2 Å². The van der Waals surface area contributed by atoms with E-state index in [9.17, 15) is 31.9 Å². The number of aliphatic hydroxyl groups excluding tert-OH is 1. The monoisotopic (exact) mass is 822 g/mol. The zero-order valence-corrected chi connectivity index (χ0v) is 34.4. The van der Waals surface area contributed by atoms with Crippen LogP contribution in [0.2, 0.25) is 0 Å². The number of unbranched alkanes of at least 4 members (excludes halogenated alkanes) is 10. The highest BCUT2D eigenvalue weighted by atomic mass is 19.2. The van der Waals surface area contributed by atoms with Gasteiger partial charge in [0.15, 0.2) is 29.6 Å². The van der Waals surface area contributed by atoms with E-state index in [0.29, 0.717) is 12.0 Å². The molecule has 0 saturated carbocycles. The molecule has 1 heterocycles. The summed E-state index contributed by atoms with van der Waals surface area (Å²) in [4.78, 5) is 15.2. The molecule has 320 valence electrons. The van der Waals surface area contributed by atoms with Gasteiger partial charge in [-0.3, -0.25) is 4.79 Å². The van der Waals surface area contributed by atoms with Gasteiger partial charge in [0.05, 0.1) is 18.8 Å². The molecule has 0 unspecified atom stereocenters. The molecule has 1 saturated heterocycles. The maximum atomic E-state index is 14.3. The van der Waals surface area contributed by atoms with E-state index in [-0.39, 0.29) is 25.4 Å². The molecule has 3 atom stereocenters. The van der Waals surface area contributed by atoms with Crippen molar-refractivity contribution in [3.63, 3.8) is 0 Å². The standard InChI is InChI=1S/C48H59F5N2O4/c1-3-5-7-9-11-13-25-55(26-14-12-10-8-6-4-2)31-39-29-40(35-23-21-33(32-56)22-24-35)59-48(58-39)38-20-16-19-37(28-38)36-18-15-17-34(27-36)30-54-47(57)41-42(49)44(51)46(53)45(52)43(41)50/h15-24,27-28,39-40,48,56H,3-14,25-26,29-32H2,1-2H3,(H,54,57)/t39-,40+,48+/m0/s1. The van der Waals surface area contributed by atoms with Crippen molar-refractivity contribution in [2.75, 3.05) is 19.6 Å². The molecule has 6 nitrogen and oxygen atoms in total. The molecule has 2 N–H and O–H groups in total. The van der Waals surface area contributed by atoms with Gasteiger partial charge in [-0.15, -0.1) is 0 Å². The lowest BCUT2D eigenvalue weighted by molar-refractivity contribution is -0.253. The van der Waals surface area contributed by atoms with Crippen molar-refractivity contribution in [1.29, 1.82) is 0 Å². The first-order valence-corrected chi connectivity index (χ1v) is 21.3. The number of hydrogen-bond acceptors (Lipinski definition) is 5. The van der Waals surface area contributed by atoms with E-state index in [0.717, 1.165) is 60.3 Å². The minimum absolute atomic E-state index is 0.0440. The lowest BCUT2D eigenvalue weighted by atomic mass is 9.98. The van der Waals surface area contributed by atoms with Crippen LogP contribution in [-0.2, 0) is 22.6 Å². The first-order valence-electron chi connectivity index (χ1n) is 21.3. The predicted octanol–water partition coefficient (Wildman–Crippen LogP) is 12.0. The first-order chi connectivity index (χ1) is 28.6. The molecule has 1 fully saturated rings. The predicted molar refractivity (Wildman–Crippen MR) is 221 cm³/mol. The van der Waals surface area contributed by atoms with Crippen LogP contribution in [0, 0.1) is 29.1 Å². The SMILES string of the molecule is CCCCCCCCN(CCCCCCCC)C[C@@H]1C[C@H](c2ccc(CO)cc2)O[C@H](c2cccc(-c3cccc(CNC(=O)c4c(F)c(F)c(F)c(F)c4F)c3)c2)O1. The van der Waals surface area contributed by atoms with Crippen LogP contribution < -0.4 is 5.32 Å². The number of nitrogens with zero attached hydrogens (tertiary/aromatic N) is 1. The van der Waals surface area contributed by atoms with Crippen LogP contribution in [0.15, 0.2) is 72.8 Å². The summed E-state index contributed by atoms with van der Waals surface area (Å²) in [5.41, 5.74) is 3.24. The van der Waals surface area contributed by atoms with Crippen LogP contribution in [0.1, 0.15) is 142 Å². The quantitative estimate of drug-likeness (QED) is 0.0337. The Balaban J connectivity index is 1.32. The first kappa shape index (κ1) is 45.9.